The molecule has 3 atom stereocenters. The lowest BCUT2D eigenvalue weighted by Crippen LogP contribution is -2.32. The van der Waals surface area contributed by atoms with Crippen molar-refractivity contribution in [2.45, 2.75) is 27.6 Å². The van der Waals surface area contributed by atoms with Gasteiger partial charge in [-0.1, -0.05) is 29.2 Å². The summed E-state index contributed by atoms with van der Waals surface area (Å²) in [4.78, 5) is 51.2. The summed E-state index contributed by atoms with van der Waals surface area (Å²) < 4.78 is 29.3. The Kier molecular flexibility index (Phi) is 6.54. The van der Waals surface area contributed by atoms with Crippen LogP contribution in [0.5, 0.6) is 11.5 Å². The first-order valence-electron chi connectivity index (χ1n) is 11.0. The zero-order valence-electron chi connectivity index (χ0n) is 19.5. The van der Waals surface area contributed by atoms with E-state index in [-0.39, 0.29) is 22.9 Å². The molecule has 1 saturated heterocycles. The van der Waals surface area contributed by atoms with Crippen molar-refractivity contribution in [2.24, 2.45) is 11.1 Å². The van der Waals surface area contributed by atoms with Gasteiger partial charge in [0.05, 0.1) is 22.9 Å². The third-order valence-electron chi connectivity index (χ3n) is 6.22. The molecule has 1 aromatic heterocycles. The third-order valence-corrected chi connectivity index (χ3v) is 9.76. The number of aromatic hydroxyl groups is 1. The van der Waals surface area contributed by atoms with Crippen LogP contribution in [0, 0.1) is 5.92 Å². The Labute approximate surface area is 223 Å². The van der Waals surface area contributed by atoms with Crippen molar-refractivity contribution < 1.29 is 32.6 Å². The molecule has 1 fully saturated rings. The van der Waals surface area contributed by atoms with Crippen LogP contribution in [0.15, 0.2) is 57.2 Å². The summed E-state index contributed by atoms with van der Waals surface area (Å²) in [7, 11) is -2.51. The topological polar surface area (TPSA) is 187 Å². The molecule has 0 radical (unpaired) electrons. The largest absolute Gasteiger partial charge is 0.504 e. The van der Waals surface area contributed by atoms with Crippen LogP contribution in [0.3, 0.4) is 0 Å². The lowest BCUT2D eigenvalue weighted by atomic mass is 9.83. The number of carbonyl (C=O) groups is 3. The van der Waals surface area contributed by atoms with E-state index in [4.69, 9.17) is 9.88 Å². The van der Waals surface area contributed by atoms with Crippen LogP contribution in [0.4, 0.5) is 5.69 Å². The molecule has 3 aromatic rings. The average molecular weight is 577 g/mol. The number of phenolic OH excluding ortho intramolecular Hbond substituents is 1. The number of anilines is 1. The normalized spacial score (nSPS) is 20.4. The summed E-state index contributed by atoms with van der Waals surface area (Å²) in [5, 5.41) is 19.6. The lowest BCUT2D eigenvalue weighted by molar-refractivity contribution is -0.126. The average Bonchev–Trinajstić information content (AvgIpc) is 3.32. The van der Waals surface area contributed by atoms with Crippen molar-refractivity contribution >= 4 is 56.5 Å². The van der Waals surface area contributed by atoms with Crippen molar-refractivity contribution in [3.05, 3.63) is 62.6 Å². The van der Waals surface area contributed by atoms with Gasteiger partial charge in [-0.3, -0.25) is 29.1 Å². The molecular weight excluding hydrogens is 556 g/mol. The summed E-state index contributed by atoms with van der Waals surface area (Å²) in [5.41, 5.74) is 0.857. The van der Waals surface area contributed by atoms with Gasteiger partial charge in [-0.15, -0.1) is 0 Å². The van der Waals surface area contributed by atoms with E-state index < -0.39 is 49.7 Å². The summed E-state index contributed by atoms with van der Waals surface area (Å²) in [6.07, 6.45) is 0. The predicted molar refractivity (Wildman–Crippen MR) is 138 cm³/mol. The number of nitrogens with one attached hydrogen (secondary N) is 2. The van der Waals surface area contributed by atoms with Crippen LogP contribution in [0.1, 0.15) is 16.4 Å². The van der Waals surface area contributed by atoms with E-state index >= 15 is 0 Å². The molecule has 0 bridgehead atoms. The SMILES string of the molecule is COc1cc([C@@H]2c3sc(=O)n(CC(=O)Nc4ccc(S(N)(=O)=O)cc4)c3SC3C(=O)NC(=O)C32)ccc1O. The number of carbonyl (C=O) groups excluding carboxylic acids is 3. The molecule has 38 heavy (non-hydrogen) atoms. The first-order valence-corrected chi connectivity index (χ1v) is 14.3. The molecule has 2 aliphatic heterocycles. The standard InChI is InChI=1S/C23H20N4O8S3/c1-35-14-8-10(2-7-13(14)28)16-17-18(21(31)26-20(17)30)36-22-19(16)37-23(32)27(22)9-15(29)25-11-3-5-12(6-4-11)38(24,33)34/h2-8,16-18,28H,9H2,1H3,(H,25,29)(H2,24,33,34)(H,26,30,31)/t16-,17?,18?/m0/s1. The number of aromatic nitrogens is 1. The highest BCUT2D eigenvalue weighted by molar-refractivity contribution is 8.00. The number of amides is 3. The van der Waals surface area contributed by atoms with E-state index in [2.05, 4.69) is 10.6 Å². The van der Waals surface area contributed by atoms with Gasteiger partial charge < -0.3 is 15.2 Å². The van der Waals surface area contributed by atoms with Gasteiger partial charge in [0, 0.05) is 16.5 Å². The first-order chi connectivity index (χ1) is 18.0. The van der Waals surface area contributed by atoms with Gasteiger partial charge in [-0.05, 0) is 42.0 Å². The quantitative estimate of drug-likeness (QED) is 0.308. The summed E-state index contributed by atoms with van der Waals surface area (Å²) >= 11 is 1.92. The molecule has 2 aliphatic rings. The van der Waals surface area contributed by atoms with Gasteiger partial charge in [0.1, 0.15) is 11.8 Å². The predicted octanol–water partition coefficient (Wildman–Crippen LogP) is 0.789. The Morgan fingerprint density at radius 2 is 1.87 bits per heavy atom. The summed E-state index contributed by atoms with van der Waals surface area (Å²) in [6, 6.07) is 9.78. The van der Waals surface area contributed by atoms with Gasteiger partial charge in [0.25, 0.3) is 0 Å². The summed E-state index contributed by atoms with van der Waals surface area (Å²) in [5.74, 6) is -2.95. The highest BCUT2D eigenvalue weighted by Gasteiger charge is 2.53. The van der Waals surface area contributed by atoms with E-state index in [1.807, 2.05) is 0 Å². The van der Waals surface area contributed by atoms with E-state index in [1.54, 1.807) is 12.1 Å². The molecule has 0 aliphatic carbocycles. The smallest absolute Gasteiger partial charge is 0.308 e. The molecule has 0 spiro atoms. The fraction of sp³-hybridized carbons (Fsp3) is 0.217. The Morgan fingerprint density at radius 1 is 1.16 bits per heavy atom. The summed E-state index contributed by atoms with van der Waals surface area (Å²) in [6.45, 7) is -0.382. The van der Waals surface area contributed by atoms with Crippen molar-refractivity contribution in [1.82, 2.24) is 9.88 Å². The number of benzene rings is 2. The maximum absolute atomic E-state index is 13.0. The highest BCUT2D eigenvalue weighted by atomic mass is 32.2. The van der Waals surface area contributed by atoms with Gasteiger partial charge in [0.15, 0.2) is 11.5 Å². The molecule has 198 valence electrons. The highest BCUT2D eigenvalue weighted by Crippen LogP contribution is 2.52. The number of phenols is 1. The van der Waals surface area contributed by atoms with E-state index in [1.165, 1.54) is 42.0 Å². The molecule has 5 N–H and O–H groups in total. The minimum Gasteiger partial charge on any atom is -0.504 e. The van der Waals surface area contributed by atoms with Gasteiger partial charge in [-0.25, -0.2) is 13.6 Å². The van der Waals surface area contributed by atoms with Crippen LogP contribution in [-0.4, -0.2) is 48.2 Å². The molecule has 15 heteroatoms. The van der Waals surface area contributed by atoms with Crippen molar-refractivity contribution in [3.8, 4) is 11.5 Å². The zero-order chi connectivity index (χ0) is 27.4. The Bertz CT molecular complexity index is 1650. The fourth-order valence-corrected chi connectivity index (χ4v) is 7.75. The van der Waals surface area contributed by atoms with Crippen LogP contribution in [-0.2, 0) is 31.0 Å². The third kappa shape index (κ3) is 4.57. The molecular formula is C23H20N4O8S3. The molecule has 3 heterocycles. The number of ether oxygens (including phenoxy) is 1. The monoisotopic (exact) mass is 576 g/mol. The van der Waals surface area contributed by atoms with Crippen LogP contribution < -0.4 is 25.4 Å². The molecule has 12 nitrogen and oxygen atoms in total. The maximum Gasteiger partial charge on any atom is 0.308 e. The number of nitrogens with two attached hydrogens (primary N) is 1. The second-order valence-electron chi connectivity index (χ2n) is 8.57. The van der Waals surface area contributed by atoms with Crippen molar-refractivity contribution in [1.29, 1.82) is 0 Å². The van der Waals surface area contributed by atoms with Crippen LogP contribution >= 0.6 is 23.1 Å². The molecule has 0 saturated carbocycles. The second kappa shape index (κ2) is 9.58. The van der Waals surface area contributed by atoms with Gasteiger partial charge in [0.2, 0.25) is 27.7 Å². The lowest BCUT2D eigenvalue weighted by Gasteiger charge is -2.31. The number of methoxy groups -OCH3 is 1. The minimum absolute atomic E-state index is 0.107. The number of fused-ring (bicyclic) bond motifs is 2. The molecule has 3 amide bonds. The van der Waals surface area contributed by atoms with E-state index in [0.717, 1.165) is 23.1 Å². The second-order valence-corrected chi connectivity index (χ2v) is 12.3. The minimum atomic E-state index is -3.89. The van der Waals surface area contributed by atoms with Crippen LogP contribution in [0.25, 0.3) is 0 Å². The molecule has 2 unspecified atom stereocenters. The number of thioether (sulfide) groups is 1. The molecule has 5 rings (SSSR count). The van der Waals surface area contributed by atoms with Crippen molar-refractivity contribution in [2.75, 3.05) is 12.4 Å². The Balaban J connectivity index is 1.50. The number of nitrogens with zero attached hydrogens (tertiary/aromatic N) is 1. The Hall–Kier alpha value is -3.66. The number of hydrogen-bond acceptors (Lipinski definition) is 10. The molecule has 2 aromatic carbocycles. The zero-order valence-corrected chi connectivity index (χ0v) is 22.0. The number of sulfonamides is 1. The van der Waals surface area contributed by atoms with Gasteiger partial charge >= 0.3 is 4.87 Å². The number of thiazole rings is 1. The number of primary sulfonamides is 1. The fourth-order valence-electron chi connectivity index (χ4n) is 4.49. The van der Waals surface area contributed by atoms with E-state index in [0.29, 0.717) is 21.2 Å². The number of imide groups is 1. The van der Waals surface area contributed by atoms with Gasteiger partial charge in [-0.2, -0.15) is 0 Å². The Morgan fingerprint density at radius 3 is 2.53 bits per heavy atom. The number of hydrogen-bond donors (Lipinski definition) is 4. The van der Waals surface area contributed by atoms with E-state index in [9.17, 15) is 32.7 Å². The maximum atomic E-state index is 13.0. The van der Waals surface area contributed by atoms with Crippen LogP contribution in [0.2, 0.25) is 0 Å². The first kappa shape index (κ1) is 26.0. The van der Waals surface area contributed by atoms with Crippen molar-refractivity contribution in [3.63, 3.8) is 0 Å². The number of rotatable bonds is 6.